The zero-order valence-electron chi connectivity index (χ0n) is 12.2. The second-order valence-corrected chi connectivity index (χ2v) is 4.77. The maximum Gasteiger partial charge on any atom is 0.275 e. The lowest BCUT2D eigenvalue weighted by atomic mass is 10.1. The molecule has 0 atom stereocenters. The Kier molecular flexibility index (Phi) is 4.37. The van der Waals surface area contributed by atoms with E-state index in [0.717, 1.165) is 5.56 Å². The van der Waals surface area contributed by atoms with Gasteiger partial charge in [-0.1, -0.05) is 12.1 Å². The van der Waals surface area contributed by atoms with Crippen LogP contribution in [-0.2, 0) is 0 Å². The van der Waals surface area contributed by atoms with Crippen molar-refractivity contribution in [3.05, 3.63) is 46.5 Å². The number of para-hydroxylation sites is 1. The number of nitrogens with zero attached hydrogens (tertiary/aromatic N) is 2. The van der Waals surface area contributed by atoms with Gasteiger partial charge in [0.05, 0.1) is 22.8 Å². The standard InChI is InChI=1S/C15H17N3O3/c1-10(2)21-14-7-5-4-6-12(14)13-8-11(18(19)20)9-15(16-3)17-13/h4-10H,1-3H3,(H,16,17). The van der Waals surface area contributed by atoms with E-state index in [4.69, 9.17) is 4.74 Å². The predicted octanol–water partition coefficient (Wildman–Crippen LogP) is 3.49. The second-order valence-electron chi connectivity index (χ2n) is 4.77. The number of hydrogen-bond donors (Lipinski definition) is 1. The van der Waals surface area contributed by atoms with Gasteiger partial charge in [0, 0.05) is 18.7 Å². The monoisotopic (exact) mass is 287 g/mol. The van der Waals surface area contributed by atoms with E-state index in [1.54, 1.807) is 7.05 Å². The van der Waals surface area contributed by atoms with E-state index in [9.17, 15) is 10.1 Å². The molecule has 1 N–H and O–H groups in total. The van der Waals surface area contributed by atoms with Crippen molar-refractivity contribution in [3.8, 4) is 17.0 Å². The minimum absolute atomic E-state index is 0.00798. The van der Waals surface area contributed by atoms with Crippen molar-refractivity contribution in [3.63, 3.8) is 0 Å². The molecular formula is C15H17N3O3. The zero-order valence-corrected chi connectivity index (χ0v) is 12.2. The van der Waals surface area contributed by atoms with Crippen LogP contribution >= 0.6 is 0 Å². The highest BCUT2D eigenvalue weighted by Crippen LogP contribution is 2.32. The van der Waals surface area contributed by atoms with E-state index in [0.29, 0.717) is 17.3 Å². The highest BCUT2D eigenvalue weighted by molar-refractivity contribution is 5.70. The molecule has 0 bridgehead atoms. The van der Waals surface area contributed by atoms with Gasteiger partial charge in [-0.15, -0.1) is 0 Å². The van der Waals surface area contributed by atoms with Gasteiger partial charge < -0.3 is 10.1 Å². The van der Waals surface area contributed by atoms with Crippen LogP contribution in [0.3, 0.4) is 0 Å². The van der Waals surface area contributed by atoms with Gasteiger partial charge in [-0.3, -0.25) is 10.1 Å². The Balaban J connectivity index is 2.55. The Labute approximate surface area is 122 Å². The lowest BCUT2D eigenvalue weighted by molar-refractivity contribution is -0.384. The van der Waals surface area contributed by atoms with Gasteiger partial charge >= 0.3 is 0 Å². The van der Waals surface area contributed by atoms with Gasteiger partial charge in [-0.05, 0) is 26.0 Å². The first-order valence-electron chi connectivity index (χ1n) is 6.61. The molecule has 2 rings (SSSR count). The predicted molar refractivity (Wildman–Crippen MR) is 81.6 cm³/mol. The van der Waals surface area contributed by atoms with Gasteiger partial charge in [0.15, 0.2) is 0 Å². The van der Waals surface area contributed by atoms with Gasteiger partial charge in [-0.25, -0.2) is 4.98 Å². The Hall–Kier alpha value is -2.63. The van der Waals surface area contributed by atoms with Crippen LogP contribution < -0.4 is 10.1 Å². The number of rotatable bonds is 5. The molecule has 0 amide bonds. The van der Waals surface area contributed by atoms with Crippen LogP contribution in [0.2, 0.25) is 0 Å². The highest BCUT2D eigenvalue weighted by atomic mass is 16.6. The number of nitro groups is 1. The second kappa shape index (κ2) is 6.21. The first-order chi connectivity index (χ1) is 10.0. The molecule has 0 aliphatic carbocycles. The summed E-state index contributed by atoms with van der Waals surface area (Å²) in [7, 11) is 1.67. The van der Waals surface area contributed by atoms with E-state index in [1.165, 1.54) is 12.1 Å². The number of ether oxygens (including phenoxy) is 1. The summed E-state index contributed by atoms with van der Waals surface area (Å²) in [5.74, 6) is 1.10. The maximum atomic E-state index is 11.0. The molecule has 0 saturated heterocycles. The molecule has 0 unspecified atom stereocenters. The summed E-state index contributed by atoms with van der Waals surface area (Å²) < 4.78 is 5.74. The minimum atomic E-state index is -0.433. The molecule has 1 aromatic heterocycles. The fourth-order valence-electron chi connectivity index (χ4n) is 1.92. The normalized spacial score (nSPS) is 10.5. The molecule has 0 aliphatic heterocycles. The van der Waals surface area contributed by atoms with Crippen LogP contribution in [0.5, 0.6) is 5.75 Å². The van der Waals surface area contributed by atoms with Gasteiger partial charge in [-0.2, -0.15) is 0 Å². The van der Waals surface area contributed by atoms with Crippen molar-refractivity contribution in [1.82, 2.24) is 4.98 Å². The summed E-state index contributed by atoms with van der Waals surface area (Å²) in [4.78, 5) is 15.0. The quantitative estimate of drug-likeness (QED) is 0.673. The minimum Gasteiger partial charge on any atom is -0.490 e. The van der Waals surface area contributed by atoms with Crippen LogP contribution in [0, 0.1) is 10.1 Å². The molecule has 6 heteroatoms. The first kappa shape index (κ1) is 14.8. The number of pyridine rings is 1. The van der Waals surface area contributed by atoms with Crippen molar-refractivity contribution in [2.75, 3.05) is 12.4 Å². The van der Waals surface area contributed by atoms with E-state index in [2.05, 4.69) is 10.3 Å². The summed E-state index contributed by atoms with van der Waals surface area (Å²) in [6.07, 6.45) is 0.00798. The Morgan fingerprint density at radius 3 is 2.62 bits per heavy atom. The number of aromatic nitrogens is 1. The number of benzene rings is 1. The molecular weight excluding hydrogens is 270 g/mol. The number of nitrogens with one attached hydrogen (secondary N) is 1. The van der Waals surface area contributed by atoms with Crippen molar-refractivity contribution in [2.24, 2.45) is 0 Å². The Morgan fingerprint density at radius 1 is 1.29 bits per heavy atom. The van der Waals surface area contributed by atoms with Crippen LogP contribution in [0.4, 0.5) is 11.5 Å². The number of anilines is 1. The zero-order chi connectivity index (χ0) is 15.4. The largest absolute Gasteiger partial charge is 0.490 e. The molecule has 0 aliphatic rings. The van der Waals surface area contributed by atoms with E-state index < -0.39 is 4.92 Å². The lowest BCUT2D eigenvalue weighted by Crippen LogP contribution is -2.07. The van der Waals surface area contributed by atoms with Crippen LogP contribution in [-0.4, -0.2) is 23.1 Å². The van der Waals surface area contributed by atoms with Crippen LogP contribution in [0.25, 0.3) is 11.3 Å². The summed E-state index contributed by atoms with van der Waals surface area (Å²) in [5.41, 5.74) is 1.22. The smallest absolute Gasteiger partial charge is 0.275 e. The maximum absolute atomic E-state index is 11.0. The van der Waals surface area contributed by atoms with Gasteiger partial charge in [0.2, 0.25) is 0 Å². The molecule has 6 nitrogen and oxygen atoms in total. The van der Waals surface area contributed by atoms with Gasteiger partial charge in [0.25, 0.3) is 5.69 Å². The molecule has 2 aromatic rings. The van der Waals surface area contributed by atoms with Crippen molar-refractivity contribution in [1.29, 1.82) is 0 Å². The Bertz CT molecular complexity index is 656. The fourth-order valence-corrected chi connectivity index (χ4v) is 1.92. The summed E-state index contributed by atoms with van der Waals surface area (Å²) >= 11 is 0. The number of hydrogen-bond acceptors (Lipinski definition) is 5. The average molecular weight is 287 g/mol. The molecule has 1 heterocycles. The van der Waals surface area contributed by atoms with E-state index >= 15 is 0 Å². The third kappa shape index (κ3) is 3.47. The van der Waals surface area contributed by atoms with Gasteiger partial charge in [0.1, 0.15) is 11.6 Å². The molecule has 1 aromatic carbocycles. The third-order valence-corrected chi connectivity index (χ3v) is 2.80. The summed E-state index contributed by atoms with van der Waals surface area (Å²) in [5, 5.41) is 13.9. The highest BCUT2D eigenvalue weighted by Gasteiger charge is 2.15. The Morgan fingerprint density at radius 2 is 2.00 bits per heavy atom. The summed E-state index contributed by atoms with van der Waals surface area (Å²) in [6, 6.07) is 10.2. The molecule has 0 saturated carbocycles. The van der Waals surface area contributed by atoms with Crippen LogP contribution in [0.15, 0.2) is 36.4 Å². The van der Waals surface area contributed by atoms with Crippen LogP contribution in [0.1, 0.15) is 13.8 Å². The average Bonchev–Trinajstić information content (AvgIpc) is 2.46. The molecule has 0 spiro atoms. The SMILES string of the molecule is CNc1cc([N+](=O)[O-])cc(-c2ccccc2OC(C)C)n1. The third-order valence-electron chi connectivity index (χ3n) is 2.80. The topological polar surface area (TPSA) is 77.3 Å². The molecule has 0 radical (unpaired) electrons. The van der Waals surface area contributed by atoms with Crippen molar-refractivity contribution < 1.29 is 9.66 Å². The first-order valence-corrected chi connectivity index (χ1v) is 6.61. The lowest BCUT2D eigenvalue weighted by Gasteiger charge is -2.14. The van der Waals surface area contributed by atoms with Crippen molar-refractivity contribution >= 4 is 11.5 Å². The van der Waals surface area contributed by atoms with E-state index in [1.807, 2.05) is 38.1 Å². The molecule has 21 heavy (non-hydrogen) atoms. The fraction of sp³-hybridized carbons (Fsp3) is 0.267. The van der Waals surface area contributed by atoms with E-state index in [-0.39, 0.29) is 11.8 Å². The molecule has 110 valence electrons. The van der Waals surface area contributed by atoms with Crippen molar-refractivity contribution in [2.45, 2.75) is 20.0 Å². The summed E-state index contributed by atoms with van der Waals surface area (Å²) in [6.45, 7) is 3.85. The molecule has 0 fully saturated rings.